The third-order valence-electron chi connectivity index (χ3n) is 3.79. The normalized spacial score (nSPS) is 19.0. The van der Waals surface area contributed by atoms with Crippen LogP contribution in [0.5, 0.6) is 0 Å². The van der Waals surface area contributed by atoms with Crippen molar-refractivity contribution >= 4 is 31.1 Å². The van der Waals surface area contributed by atoms with Crippen LogP contribution in [-0.2, 0) is 15.5 Å². The SMILES string of the molecule is CC(C)n1c(C2CCCc3sccc32)nnc1S(=O)(=O)Cl. The number of fused-ring (bicyclic) bond motifs is 1. The Kier molecular flexibility index (Phi) is 3.83. The number of hydrogen-bond acceptors (Lipinski definition) is 5. The molecule has 2 aromatic rings. The summed E-state index contributed by atoms with van der Waals surface area (Å²) in [5.41, 5.74) is 1.25. The summed E-state index contributed by atoms with van der Waals surface area (Å²) in [6.45, 7) is 3.82. The Morgan fingerprint density at radius 3 is 2.86 bits per heavy atom. The molecule has 0 aliphatic heterocycles. The first-order valence-corrected chi connectivity index (χ1v) is 10.0. The van der Waals surface area contributed by atoms with Crippen molar-refractivity contribution in [2.24, 2.45) is 0 Å². The Balaban J connectivity index is 2.15. The first kappa shape index (κ1) is 15.0. The summed E-state index contributed by atoms with van der Waals surface area (Å²) in [5.74, 6) is 0.797. The van der Waals surface area contributed by atoms with E-state index in [0.29, 0.717) is 5.82 Å². The van der Waals surface area contributed by atoms with E-state index in [9.17, 15) is 8.42 Å². The average Bonchev–Trinajstić information content (AvgIpc) is 3.03. The van der Waals surface area contributed by atoms with Crippen molar-refractivity contribution in [3.8, 4) is 0 Å². The summed E-state index contributed by atoms with van der Waals surface area (Å²) in [7, 11) is 1.59. The van der Waals surface area contributed by atoms with Crippen LogP contribution >= 0.6 is 22.0 Å². The highest BCUT2D eigenvalue weighted by Crippen LogP contribution is 2.39. The first-order chi connectivity index (χ1) is 9.89. The van der Waals surface area contributed by atoms with Crippen molar-refractivity contribution in [2.45, 2.75) is 50.2 Å². The molecule has 0 saturated carbocycles. The molecule has 1 atom stereocenters. The molecule has 0 radical (unpaired) electrons. The lowest BCUT2D eigenvalue weighted by molar-refractivity contribution is 0.481. The van der Waals surface area contributed by atoms with E-state index >= 15 is 0 Å². The molecule has 114 valence electrons. The maximum atomic E-state index is 11.7. The predicted octanol–water partition coefficient (Wildman–Crippen LogP) is 3.32. The van der Waals surface area contributed by atoms with E-state index in [1.165, 1.54) is 10.4 Å². The zero-order valence-electron chi connectivity index (χ0n) is 11.8. The summed E-state index contributed by atoms with van der Waals surface area (Å²) in [4.78, 5) is 1.36. The second-order valence-corrected chi connectivity index (χ2v) is 8.95. The minimum atomic E-state index is -3.90. The lowest BCUT2D eigenvalue weighted by atomic mass is 9.87. The molecule has 0 saturated heterocycles. The molecule has 1 aliphatic rings. The summed E-state index contributed by atoms with van der Waals surface area (Å²) < 4.78 is 25.0. The Morgan fingerprint density at radius 1 is 1.43 bits per heavy atom. The fourth-order valence-electron chi connectivity index (χ4n) is 2.93. The lowest BCUT2D eigenvalue weighted by Crippen LogP contribution is -2.17. The molecule has 0 fully saturated rings. The van der Waals surface area contributed by atoms with Gasteiger partial charge in [-0.2, -0.15) is 0 Å². The van der Waals surface area contributed by atoms with Gasteiger partial charge in [0, 0.05) is 27.5 Å². The third kappa shape index (κ3) is 2.62. The van der Waals surface area contributed by atoms with Gasteiger partial charge in [0.05, 0.1) is 0 Å². The highest BCUT2D eigenvalue weighted by molar-refractivity contribution is 8.13. The van der Waals surface area contributed by atoms with Crippen LogP contribution in [0.1, 0.15) is 54.9 Å². The predicted molar refractivity (Wildman–Crippen MR) is 82.5 cm³/mol. The van der Waals surface area contributed by atoms with Gasteiger partial charge in [-0.05, 0) is 50.1 Å². The van der Waals surface area contributed by atoms with E-state index in [0.717, 1.165) is 19.3 Å². The van der Waals surface area contributed by atoms with Gasteiger partial charge in [-0.25, -0.2) is 8.42 Å². The monoisotopic (exact) mass is 345 g/mol. The zero-order valence-corrected chi connectivity index (χ0v) is 14.2. The highest BCUT2D eigenvalue weighted by Gasteiger charge is 2.31. The quantitative estimate of drug-likeness (QED) is 0.800. The second kappa shape index (κ2) is 5.37. The minimum absolute atomic E-state index is 0.0671. The molecule has 0 amide bonds. The van der Waals surface area contributed by atoms with Crippen LogP contribution in [0.15, 0.2) is 16.6 Å². The standard InChI is InChI=1S/C13H16ClN3O2S2/c1-8(2)17-12(15-16-13(17)21(14,18)19)10-4-3-5-11-9(10)6-7-20-11/h6-8,10H,3-5H2,1-2H3. The van der Waals surface area contributed by atoms with Crippen molar-refractivity contribution < 1.29 is 8.42 Å². The van der Waals surface area contributed by atoms with Crippen LogP contribution in [0, 0.1) is 0 Å². The van der Waals surface area contributed by atoms with Crippen molar-refractivity contribution in [1.29, 1.82) is 0 Å². The number of thiophene rings is 1. The number of rotatable bonds is 3. The molecular weight excluding hydrogens is 330 g/mol. The molecule has 2 heterocycles. The van der Waals surface area contributed by atoms with E-state index in [1.54, 1.807) is 15.9 Å². The number of aromatic nitrogens is 3. The Hall–Kier alpha value is -0.920. The van der Waals surface area contributed by atoms with Gasteiger partial charge in [0.1, 0.15) is 5.82 Å². The fraction of sp³-hybridized carbons (Fsp3) is 0.538. The Labute approximate surface area is 132 Å². The smallest absolute Gasteiger partial charge is 0.296 e. The van der Waals surface area contributed by atoms with E-state index in [1.807, 2.05) is 13.8 Å². The molecule has 5 nitrogen and oxygen atoms in total. The fourth-order valence-corrected chi connectivity index (χ4v) is 4.91. The van der Waals surface area contributed by atoms with Gasteiger partial charge in [-0.3, -0.25) is 4.57 Å². The van der Waals surface area contributed by atoms with Crippen molar-refractivity contribution in [3.05, 3.63) is 27.7 Å². The van der Waals surface area contributed by atoms with Gasteiger partial charge in [-0.1, -0.05) is 0 Å². The summed E-state index contributed by atoms with van der Waals surface area (Å²) in [6.07, 6.45) is 3.11. The van der Waals surface area contributed by atoms with Crippen LogP contribution in [0.4, 0.5) is 0 Å². The molecule has 1 aliphatic carbocycles. The lowest BCUT2D eigenvalue weighted by Gasteiger charge is -2.24. The van der Waals surface area contributed by atoms with Crippen LogP contribution in [-0.4, -0.2) is 23.2 Å². The Morgan fingerprint density at radius 2 is 2.19 bits per heavy atom. The van der Waals surface area contributed by atoms with Crippen molar-refractivity contribution in [1.82, 2.24) is 14.8 Å². The van der Waals surface area contributed by atoms with E-state index < -0.39 is 9.05 Å². The number of aryl methyl sites for hydroxylation is 1. The van der Waals surface area contributed by atoms with Gasteiger partial charge in [-0.15, -0.1) is 21.5 Å². The topological polar surface area (TPSA) is 64.8 Å². The summed E-state index contributed by atoms with van der Waals surface area (Å²) in [6, 6.07) is 2.04. The minimum Gasteiger partial charge on any atom is -0.298 e. The second-order valence-electron chi connectivity index (χ2n) is 5.49. The summed E-state index contributed by atoms with van der Waals surface area (Å²) in [5, 5.41) is 9.92. The maximum Gasteiger partial charge on any atom is 0.296 e. The van der Waals surface area contributed by atoms with Crippen LogP contribution in [0.3, 0.4) is 0 Å². The van der Waals surface area contributed by atoms with Gasteiger partial charge in [0.2, 0.25) is 0 Å². The average molecular weight is 346 g/mol. The molecule has 0 spiro atoms. The largest absolute Gasteiger partial charge is 0.298 e. The third-order valence-corrected chi connectivity index (χ3v) is 5.91. The van der Waals surface area contributed by atoms with Gasteiger partial charge >= 0.3 is 0 Å². The van der Waals surface area contributed by atoms with E-state index in [-0.39, 0.29) is 17.1 Å². The van der Waals surface area contributed by atoms with Crippen LogP contribution in [0.25, 0.3) is 0 Å². The van der Waals surface area contributed by atoms with Crippen LogP contribution < -0.4 is 0 Å². The molecular formula is C13H16ClN3O2S2. The molecule has 2 aromatic heterocycles. The van der Waals surface area contributed by atoms with Crippen molar-refractivity contribution in [3.63, 3.8) is 0 Å². The maximum absolute atomic E-state index is 11.7. The molecule has 0 bridgehead atoms. The summed E-state index contributed by atoms with van der Waals surface area (Å²) >= 11 is 1.75. The molecule has 8 heteroatoms. The van der Waals surface area contributed by atoms with E-state index in [2.05, 4.69) is 21.6 Å². The molecule has 21 heavy (non-hydrogen) atoms. The van der Waals surface area contributed by atoms with Gasteiger partial charge in [0.15, 0.2) is 0 Å². The van der Waals surface area contributed by atoms with E-state index in [4.69, 9.17) is 10.7 Å². The van der Waals surface area contributed by atoms with Crippen LogP contribution in [0.2, 0.25) is 0 Å². The van der Waals surface area contributed by atoms with Gasteiger partial charge in [0.25, 0.3) is 14.2 Å². The first-order valence-electron chi connectivity index (χ1n) is 6.85. The Bertz CT molecular complexity index is 764. The van der Waals surface area contributed by atoms with Gasteiger partial charge < -0.3 is 0 Å². The molecule has 0 N–H and O–H groups in total. The van der Waals surface area contributed by atoms with Crippen molar-refractivity contribution in [2.75, 3.05) is 0 Å². The number of hydrogen-bond donors (Lipinski definition) is 0. The highest BCUT2D eigenvalue weighted by atomic mass is 35.7. The molecule has 1 unspecified atom stereocenters. The molecule has 0 aromatic carbocycles. The number of nitrogens with zero attached hydrogens (tertiary/aromatic N) is 3. The molecule has 3 rings (SSSR count). The number of halogens is 1. The zero-order chi connectivity index (χ0) is 15.2.